The summed E-state index contributed by atoms with van der Waals surface area (Å²) in [6.45, 7) is 0. The lowest BCUT2D eigenvalue weighted by Crippen LogP contribution is -1.88. The lowest BCUT2D eigenvalue weighted by atomic mass is 10.1. The second-order valence-electron chi connectivity index (χ2n) is 2.84. The standard InChI is InChI=1S/C10H8ClNO/c11-8-5-9(13)10(12)7-4-2-1-3-6(7)8/h1-5,13H,12H2. The quantitative estimate of drug-likeness (QED) is 0.499. The molecule has 0 aliphatic heterocycles. The highest BCUT2D eigenvalue weighted by atomic mass is 35.5. The van der Waals surface area contributed by atoms with Gasteiger partial charge in [0.05, 0.1) is 10.7 Å². The Balaban J connectivity index is 2.97. The van der Waals surface area contributed by atoms with Gasteiger partial charge in [-0.15, -0.1) is 0 Å². The third kappa shape index (κ3) is 1.19. The summed E-state index contributed by atoms with van der Waals surface area (Å²) in [6.07, 6.45) is 0. The maximum atomic E-state index is 9.39. The summed E-state index contributed by atoms with van der Waals surface area (Å²) >= 11 is 5.92. The van der Waals surface area contributed by atoms with Crippen molar-refractivity contribution in [3.05, 3.63) is 35.4 Å². The zero-order valence-electron chi connectivity index (χ0n) is 6.79. The molecule has 0 fully saturated rings. The van der Waals surface area contributed by atoms with Gasteiger partial charge in [-0.25, -0.2) is 0 Å². The maximum absolute atomic E-state index is 9.39. The van der Waals surface area contributed by atoms with Crippen molar-refractivity contribution < 1.29 is 5.11 Å². The van der Waals surface area contributed by atoms with Crippen LogP contribution in [0.4, 0.5) is 5.69 Å². The summed E-state index contributed by atoms with van der Waals surface area (Å²) in [5.41, 5.74) is 6.05. The van der Waals surface area contributed by atoms with E-state index in [4.69, 9.17) is 17.3 Å². The minimum atomic E-state index is 0.0312. The summed E-state index contributed by atoms with van der Waals surface area (Å²) < 4.78 is 0. The van der Waals surface area contributed by atoms with Gasteiger partial charge >= 0.3 is 0 Å². The van der Waals surface area contributed by atoms with Gasteiger partial charge < -0.3 is 10.8 Å². The Bertz CT molecular complexity index is 468. The van der Waals surface area contributed by atoms with Gasteiger partial charge in [0.1, 0.15) is 5.75 Å². The lowest BCUT2D eigenvalue weighted by Gasteiger charge is -2.05. The molecule has 0 radical (unpaired) electrons. The molecule has 2 aromatic rings. The molecule has 2 nitrogen and oxygen atoms in total. The van der Waals surface area contributed by atoms with Crippen LogP contribution in [0, 0.1) is 0 Å². The van der Waals surface area contributed by atoms with Gasteiger partial charge in [-0.3, -0.25) is 0 Å². The second-order valence-corrected chi connectivity index (χ2v) is 3.24. The molecule has 0 amide bonds. The van der Waals surface area contributed by atoms with Crippen LogP contribution in [0.25, 0.3) is 10.8 Å². The van der Waals surface area contributed by atoms with E-state index in [1.807, 2.05) is 24.3 Å². The van der Waals surface area contributed by atoms with E-state index in [9.17, 15) is 5.11 Å². The normalized spacial score (nSPS) is 10.5. The molecule has 0 atom stereocenters. The summed E-state index contributed by atoms with van der Waals surface area (Å²) in [4.78, 5) is 0. The van der Waals surface area contributed by atoms with E-state index in [0.717, 1.165) is 10.8 Å². The zero-order valence-corrected chi connectivity index (χ0v) is 7.55. The average molecular weight is 194 g/mol. The Morgan fingerprint density at radius 3 is 2.46 bits per heavy atom. The molecule has 0 aliphatic carbocycles. The Morgan fingerprint density at radius 1 is 1.15 bits per heavy atom. The minimum absolute atomic E-state index is 0.0312. The SMILES string of the molecule is Nc1c(O)cc(Cl)c2ccccc12. The predicted octanol–water partition coefficient (Wildman–Crippen LogP) is 2.78. The zero-order chi connectivity index (χ0) is 9.42. The Morgan fingerprint density at radius 2 is 1.77 bits per heavy atom. The molecule has 0 unspecified atom stereocenters. The molecule has 0 aliphatic rings. The number of phenolic OH excluding ortho intramolecular Hbond substituents is 1. The highest BCUT2D eigenvalue weighted by Crippen LogP contribution is 2.34. The fourth-order valence-electron chi connectivity index (χ4n) is 1.34. The number of halogens is 1. The average Bonchev–Trinajstić information content (AvgIpc) is 2.15. The molecular formula is C10H8ClNO. The fraction of sp³-hybridized carbons (Fsp3) is 0. The van der Waals surface area contributed by atoms with Crippen LogP contribution in [0.1, 0.15) is 0 Å². The highest BCUT2D eigenvalue weighted by Gasteiger charge is 2.06. The van der Waals surface area contributed by atoms with Crippen molar-refractivity contribution in [3.63, 3.8) is 0 Å². The Labute approximate surface area is 80.6 Å². The number of hydrogen-bond donors (Lipinski definition) is 2. The molecule has 0 spiro atoms. The number of nitrogen functional groups attached to an aromatic ring is 1. The van der Waals surface area contributed by atoms with E-state index in [0.29, 0.717) is 10.7 Å². The van der Waals surface area contributed by atoms with E-state index in [1.54, 1.807) is 0 Å². The van der Waals surface area contributed by atoms with Crippen molar-refractivity contribution in [2.24, 2.45) is 0 Å². The first-order chi connectivity index (χ1) is 6.20. The molecule has 0 saturated heterocycles. The first kappa shape index (κ1) is 8.20. The van der Waals surface area contributed by atoms with Crippen LogP contribution >= 0.6 is 11.6 Å². The second kappa shape index (κ2) is 2.82. The number of anilines is 1. The molecule has 2 rings (SSSR count). The molecule has 0 heterocycles. The molecular weight excluding hydrogens is 186 g/mol. The van der Waals surface area contributed by atoms with Crippen molar-refractivity contribution in [3.8, 4) is 5.75 Å². The van der Waals surface area contributed by atoms with Gasteiger partial charge in [0.2, 0.25) is 0 Å². The van der Waals surface area contributed by atoms with Crippen LogP contribution in [-0.2, 0) is 0 Å². The van der Waals surface area contributed by atoms with E-state index >= 15 is 0 Å². The summed E-state index contributed by atoms with van der Waals surface area (Å²) in [6, 6.07) is 8.89. The van der Waals surface area contributed by atoms with E-state index in [1.165, 1.54) is 6.07 Å². The molecule has 3 N–H and O–H groups in total. The van der Waals surface area contributed by atoms with Crippen molar-refractivity contribution in [2.45, 2.75) is 0 Å². The van der Waals surface area contributed by atoms with Crippen molar-refractivity contribution >= 4 is 28.1 Å². The Kier molecular flexibility index (Phi) is 1.78. The minimum Gasteiger partial charge on any atom is -0.506 e. The first-order valence-corrected chi connectivity index (χ1v) is 4.23. The summed E-state index contributed by atoms with van der Waals surface area (Å²) in [5, 5.41) is 11.6. The number of phenols is 1. The van der Waals surface area contributed by atoms with Crippen molar-refractivity contribution in [2.75, 3.05) is 5.73 Å². The van der Waals surface area contributed by atoms with Crippen LogP contribution in [0.15, 0.2) is 30.3 Å². The van der Waals surface area contributed by atoms with Gasteiger partial charge in [-0.05, 0) is 0 Å². The van der Waals surface area contributed by atoms with Crippen LogP contribution in [-0.4, -0.2) is 5.11 Å². The predicted molar refractivity (Wildman–Crippen MR) is 55.0 cm³/mol. The smallest absolute Gasteiger partial charge is 0.140 e. The molecule has 66 valence electrons. The van der Waals surface area contributed by atoms with E-state index in [-0.39, 0.29) is 5.75 Å². The Hall–Kier alpha value is -1.41. The number of hydrogen-bond acceptors (Lipinski definition) is 2. The highest BCUT2D eigenvalue weighted by molar-refractivity contribution is 6.36. The number of rotatable bonds is 0. The molecule has 0 bridgehead atoms. The molecule has 0 saturated carbocycles. The van der Waals surface area contributed by atoms with Crippen molar-refractivity contribution in [1.82, 2.24) is 0 Å². The third-order valence-electron chi connectivity index (χ3n) is 2.01. The van der Waals surface area contributed by atoms with Gasteiger partial charge in [0, 0.05) is 16.8 Å². The monoisotopic (exact) mass is 193 g/mol. The number of aromatic hydroxyl groups is 1. The van der Waals surface area contributed by atoms with E-state index in [2.05, 4.69) is 0 Å². The van der Waals surface area contributed by atoms with E-state index < -0.39 is 0 Å². The van der Waals surface area contributed by atoms with Crippen LogP contribution in [0.2, 0.25) is 5.02 Å². The largest absolute Gasteiger partial charge is 0.506 e. The molecule has 2 aromatic carbocycles. The summed E-state index contributed by atoms with van der Waals surface area (Å²) in [5.74, 6) is 0.0312. The van der Waals surface area contributed by atoms with Gasteiger partial charge in [0.25, 0.3) is 0 Å². The third-order valence-corrected chi connectivity index (χ3v) is 2.33. The van der Waals surface area contributed by atoms with Gasteiger partial charge in [-0.1, -0.05) is 35.9 Å². The van der Waals surface area contributed by atoms with Crippen LogP contribution in [0.5, 0.6) is 5.75 Å². The van der Waals surface area contributed by atoms with Gasteiger partial charge in [0.15, 0.2) is 0 Å². The van der Waals surface area contributed by atoms with Crippen molar-refractivity contribution in [1.29, 1.82) is 0 Å². The van der Waals surface area contributed by atoms with Crippen LogP contribution in [0.3, 0.4) is 0 Å². The number of nitrogens with two attached hydrogens (primary N) is 1. The molecule has 3 heteroatoms. The van der Waals surface area contributed by atoms with Gasteiger partial charge in [-0.2, -0.15) is 0 Å². The topological polar surface area (TPSA) is 46.2 Å². The lowest BCUT2D eigenvalue weighted by molar-refractivity contribution is 0.479. The maximum Gasteiger partial charge on any atom is 0.140 e. The first-order valence-electron chi connectivity index (χ1n) is 3.86. The number of benzene rings is 2. The van der Waals surface area contributed by atoms with Crippen LogP contribution < -0.4 is 5.73 Å². The molecule has 13 heavy (non-hydrogen) atoms. The summed E-state index contributed by atoms with van der Waals surface area (Å²) in [7, 11) is 0. The molecule has 0 aromatic heterocycles. The number of fused-ring (bicyclic) bond motifs is 1. The fourth-order valence-corrected chi connectivity index (χ4v) is 1.61.